The largest absolute Gasteiger partial charge is 0.468 e. The molecule has 6 aliphatic heterocycles. The molecule has 0 unspecified atom stereocenters. The highest BCUT2D eigenvalue weighted by atomic mass is 32.2. The monoisotopic (exact) mass is 1040 g/mol. The maximum Gasteiger partial charge on any atom is 0.293 e. The van der Waals surface area contributed by atoms with E-state index in [9.17, 15) is 23.3 Å². The number of nitrogens with zero attached hydrogens (tertiary/aromatic N) is 6. The summed E-state index contributed by atoms with van der Waals surface area (Å²) in [5.74, 6) is 0.489. The van der Waals surface area contributed by atoms with Gasteiger partial charge in [-0.2, -0.15) is 4.98 Å². The average Bonchev–Trinajstić information content (AvgIpc) is 3.90. The van der Waals surface area contributed by atoms with Crippen LogP contribution in [0.1, 0.15) is 85.3 Å². The lowest BCUT2D eigenvalue weighted by Gasteiger charge is -2.58. The molecule has 398 valence electrons. The Labute approximate surface area is 438 Å². The van der Waals surface area contributed by atoms with Crippen LogP contribution in [0.2, 0.25) is 0 Å². The minimum absolute atomic E-state index is 0.130. The van der Waals surface area contributed by atoms with Crippen molar-refractivity contribution >= 4 is 55.4 Å². The minimum Gasteiger partial charge on any atom is -0.468 e. The summed E-state index contributed by atoms with van der Waals surface area (Å²) in [5.41, 5.74) is 5.77. The predicted octanol–water partition coefficient (Wildman–Crippen LogP) is 7.96. The quantitative estimate of drug-likeness (QED) is 0.0758. The van der Waals surface area contributed by atoms with Crippen molar-refractivity contribution in [2.45, 2.75) is 93.8 Å². The minimum atomic E-state index is -4.60. The summed E-state index contributed by atoms with van der Waals surface area (Å²) in [6.07, 6.45) is 10.4. The number of aromatic amines is 1. The molecular weight excluding hydrogens is 975 g/mol. The molecule has 7 aliphatic rings. The third-order valence-electron chi connectivity index (χ3n) is 17.6. The van der Waals surface area contributed by atoms with Gasteiger partial charge in [0.2, 0.25) is 5.88 Å². The first-order valence-electron chi connectivity index (χ1n) is 27.2. The fourth-order valence-electron chi connectivity index (χ4n) is 13.3. The van der Waals surface area contributed by atoms with Gasteiger partial charge in [-0.25, -0.2) is 13.1 Å². The molecule has 75 heavy (non-hydrogen) atoms. The number of piperidine rings is 1. The zero-order chi connectivity index (χ0) is 51.3. The van der Waals surface area contributed by atoms with Gasteiger partial charge in [-0.1, -0.05) is 24.3 Å². The smallest absolute Gasteiger partial charge is 0.293 e. The van der Waals surface area contributed by atoms with Gasteiger partial charge in [0.15, 0.2) is 0 Å². The van der Waals surface area contributed by atoms with Crippen molar-refractivity contribution in [1.29, 1.82) is 0 Å². The maximum absolute atomic E-state index is 14.7. The molecule has 12 rings (SSSR count). The number of carbonyl (C=O) groups is 1. The van der Waals surface area contributed by atoms with Crippen molar-refractivity contribution in [1.82, 2.24) is 24.5 Å². The molecule has 5 saturated heterocycles. The molecule has 3 N–H and O–H groups in total. The Morgan fingerprint density at radius 2 is 1.63 bits per heavy atom. The van der Waals surface area contributed by atoms with Crippen LogP contribution in [0.4, 0.5) is 28.4 Å². The number of benzene rings is 3. The van der Waals surface area contributed by atoms with Gasteiger partial charge in [0, 0.05) is 114 Å². The molecule has 1 spiro atoms. The van der Waals surface area contributed by atoms with E-state index in [1.54, 1.807) is 6.07 Å². The summed E-state index contributed by atoms with van der Waals surface area (Å²) < 4.78 is 54.3. The highest BCUT2D eigenvalue weighted by Gasteiger charge is 2.50. The number of piperazine rings is 1. The molecule has 2 aromatic heterocycles. The SMILES string of the molecule is Cc1ccccc1[C@@H]1CN(CC2CCOCC2)CCN1C1CC2(CCN(c3ccc(C(=O)NS(=O)(=O)c4ccc(NCC5CCOCC5)c([N+](=O)[O-])c4)c(N4c5cc6cc[nH]c6nc5O[C@H]5COCC[C@@H]54)c3)CC2)C1. The second-order valence-corrected chi connectivity index (χ2v) is 23.9. The van der Waals surface area contributed by atoms with E-state index < -0.39 is 37.5 Å². The lowest BCUT2D eigenvalue weighted by atomic mass is 9.59. The number of sulfonamides is 1. The van der Waals surface area contributed by atoms with E-state index in [1.807, 2.05) is 30.5 Å². The maximum atomic E-state index is 14.7. The Morgan fingerprint density at radius 3 is 2.40 bits per heavy atom. The number of hydrogen-bond donors (Lipinski definition) is 3. The van der Waals surface area contributed by atoms with Gasteiger partial charge in [0.05, 0.1) is 33.7 Å². The van der Waals surface area contributed by atoms with E-state index in [1.165, 1.54) is 36.1 Å². The number of H-pyrrole nitrogens is 1. The highest BCUT2D eigenvalue weighted by molar-refractivity contribution is 7.90. The van der Waals surface area contributed by atoms with Gasteiger partial charge in [-0.3, -0.25) is 24.7 Å². The summed E-state index contributed by atoms with van der Waals surface area (Å²) >= 11 is 0. The number of nitro groups is 1. The molecule has 1 saturated carbocycles. The van der Waals surface area contributed by atoms with Crippen LogP contribution in [0, 0.1) is 34.3 Å². The van der Waals surface area contributed by atoms with Crippen LogP contribution >= 0.6 is 0 Å². The number of pyridine rings is 1. The van der Waals surface area contributed by atoms with E-state index >= 15 is 0 Å². The predicted molar refractivity (Wildman–Crippen MR) is 286 cm³/mol. The van der Waals surface area contributed by atoms with Gasteiger partial charge in [0.25, 0.3) is 21.6 Å². The number of hydrogen-bond acceptors (Lipinski definition) is 15. The molecule has 18 nitrogen and oxygen atoms in total. The van der Waals surface area contributed by atoms with Crippen LogP contribution in [-0.4, -0.2) is 143 Å². The molecule has 0 radical (unpaired) electrons. The fraction of sp³-hybridized carbons (Fsp3) is 0.536. The number of aryl methyl sites for hydroxylation is 1. The van der Waals surface area contributed by atoms with Crippen LogP contribution in [0.15, 0.2) is 83.9 Å². The van der Waals surface area contributed by atoms with E-state index in [2.05, 4.69) is 65.8 Å². The second-order valence-electron chi connectivity index (χ2n) is 22.2. The Bertz CT molecular complexity index is 3020. The van der Waals surface area contributed by atoms with Crippen LogP contribution in [0.5, 0.6) is 5.88 Å². The van der Waals surface area contributed by atoms with Crippen molar-refractivity contribution in [3.63, 3.8) is 0 Å². The summed E-state index contributed by atoms with van der Waals surface area (Å²) in [4.78, 5) is 44.2. The molecule has 1 aliphatic carbocycles. The number of ether oxygens (including phenoxy) is 4. The van der Waals surface area contributed by atoms with Gasteiger partial charge in [-0.05, 0) is 136 Å². The fourth-order valence-corrected chi connectivity index (χ4v) is 14.3. The number of rotatable bonds is 13. The molecule has 5 aromatic rings. The molecule has 1 amide bonds. The van der Waals surface area contributed by atoms with Crippen molar-refractivity contribution in [2.24, 2.45) is 17.3 Å². The third-order valence-corrected chi connectivity index (χ3v) is 19.0. The number of aromatic nitrogens is 2. The molecule has 6 fully saturated rings. The number of nitro benzene ring substituents is 1. The zero-order valence-corrected chi connectivity index (χ0v) is 43.6. The normalized spacial score (nSPS) is 24.0. The van der Waals surface area contributed by atoms with Crippen LogP contribution in [0.25, 0.3) is 11.0 Å². The highest BCUT2D eigenvalue weighted by Crippen LogP contribution is 2.54. The topological polar surface area (TPSA) is 197 Å². The Hall–Kier alpha value is -5.83. The Morgan fingerprint density at radius 1 is 0.867 bits per heavy atom. The van der Waals surface area contributed by atoms with Crippen molar-refractivity contribution in [3.05, 3.63) is 106 Å². The first kappa shape index (κ1) is 50.0. The molecule has 19 heteroatoms. The first-order valence-corrected chi connectivity index (χ1v) is 28.7. The van der Waals surface area contributed by atoms with E-state index in [4.69, 9.17) is 23.9 Å². The molecule has 3 aromatic carbocycles. The standard InChI is InChI=1S/C56H69N9O9S/c1-37-4-2-3-5-44(37)51-35-61(34-39-13-25-72-26-14-39)21-22-63(51)42-31-56(32-42)16-19-62(20-17-56)41-6-8-45(48(29-41)64-47-15-27-73-36-52(47)74-55-50(64)28-40-10-18-57-53(40)59-55)54(66)60-75(69,70)43-7-9-46(49(30-43)65(67)68)58-33-38-11-23-71-24-12-38/h2-10,18,28-30,38-39,42,47,51-52,58H,11-17,19-27,31-36H2,1H3,(H,57,59)(H,60,66)/t47-,51-,52-/m0/s1. The number of amides is 1. The van der Waals surface area contributed by atoms with E-state index in [0.717, 1.165) is 108 Å². The second kappa shape index (κ2) is 20.9. The Kier molecular flexibility index (Phi) is 14.0. The van der Waals surface area contributed by atoms with Gasteiger partial charge in [-0.15, -0.1) is 0 Å². The lowest BCUT2D eigenvalue weighted by Crippen LogP contribution is -2.60. The van der Waals surface area contributed by atoms with Gasteiger partial charge >= 0.3 is 0 Å². The average molecular weight is 1040 g/mol. The van der Waals surface area contributed by atoms with Crippen LogP contribution in [-0.2, 0) is 24.2 Å². The summed E-state index contributed by atoms with van der Waals surface area (Å²) in [5, 5.41) is 16.4. The molecule has 0 bridgehead atoms. The number of fused-ring (bicyclic) bond motifs is 3. The third kappa shape index (κ3) is 10.2. The van der Waals surface area contributed by atoms with Crippen LogP contribution in [0.3, 0.4) is 0 Å². The van der Waals surface area contributed by atoms with E-state index in [-0.39, 0.29) is 28.6 Å². The summed E-state index contributed by atoms with van der Waals surface area (Å²) in [6, 6.07) is 22.9. The van der Waals surface area contributed by atoms with Crippen molar-refractivity contribution in [2.75, 3.05) is 101 Å². The Balaban J connectivity index is 0.803. The molecular formula is C56H69N9O9S. The molecule has 8 heterocycles. The number of carbonyl (C=O) groups excluding carboxylic acids is 1. The van der Waals surface area contributed by atoms with E-state index in [0.29, 0.717) is 80.3 Å². The van der Waals surface area contributed by atoms with Crippen LogP contribution < -0.4 is 24.6 Å². The summed E-state index contributed by atoms with van der Waals surface area (Å²) in [7, 11) is -4.60. The van der Waals surface area contributed by atoms with Gasteiger partial charge < -0.3 is 39.0 Å². The summed E-state index contributed by atoms with van der Waals surface area (Å²) in [6.45, 7) is 12.6. The lowest BCUT2D eigenvalue weighted by molar-refractivity contribution is -0.384. The number of nitrogens with one attached hydrogen (secondary N) is 3. The van der Waals surface area contributed by atoms with Crippen molar-refractivity contribution in [3.8, 4) is 5.88 Å². The van der Waals surface area contributed by atoms with Crippen molar-refractivity contribution < 1.29 is 37.1 Å². The number of anilines is 4. The van der Waals surface area contributed by atoms with Gasteiger partial charge in [0.1, 0.15) is 23.1 Å². The molecule has 3 atom stereocenters. The zero-order valence-electron chi connectivity index (χ0n) is 42.8. The first-order chi connectivity index (χ1) is 36.5.